The van der Waals surface area contributed by atoms with Crippen LogP contribution >= 0.6 is 0 Å². The third-order valence-electron chi connectivity index (χ3n) is 4.17. The molecule has 1 saturated carbocycles. The fraction of sp³-hybridized carbons (Fsp3) is 0.438. The first kappa shape index (κ1) is 14.2. The van der Waals surface area contributed by atoms with Gasteiger partial charge in [-0.05, 0) is 25.0 Å². The Bertz CT molecular complexity index is 760. The third kappa shape index (κ3) is 2.68. The maximum absolute atomic E-state index is 12.7. The van der Waals surface area contributed by atoms with Gasteiger partial charge in [0, 0.05) is 25.3 Å². The topological polar surface area (TPSA) is 75.9 Å². The van der Waals surface area contributed by atoms with Gasteiger partial charge in [0.25, 0.3) is 11.8 Å². The second kappa shape index (κ2) is 5.66. The van der Waals surface area contributed by atoms with E-state index in [9.17, 15) is 9.59 Å². The Morgan fingerprint density at radius 2 is 2.00 bits per heavy atom. The molecule has 0 unspecified atom stereocenters. The zero-order valence-corrected chi connectivity index (χ0v) is 12.7. The smallest absolute Gasteiger partial charge is 0.290 e. The van der Waals surface area contributed by atoms with Gasteiger partial charge in [-0.1, -0.05) is 6.07 Å². The summed E-state index contributed by atoms with van der Waals surface area (Å²) in [5, 5.41) is 2.93. The summed E-state index contributed by atoms with van der Waals surface area (Å²) in [5.41, 5.74) is 0.969. The van der Waals surface area contributed by atoms with Gasteiger partial charge >= 0.3 is 0 Å². The van der Waals surface area contributed by atoms with E-state index in [1.54, 1.807) is 15.5 Å². The van der Waals surface area contributed by atoms with Crippen molar-refractivity contribution in [3.63, 3.8) is 0 Å². The van der Waals surface area contributed by atoms with E-state index in [1.165, 1.54) is 0 Å². The molecule has 2 aromatic heterocycles. The first-order chi connectivity index (χ1) is 11.2. The summed E-state index contributed by atoms with van der Waals surface area (Å²) in [5.74, 6) is -0.0966. The number of aromatic nitrogens is 2. The van der Waals surface area contributed by atoms with Gasteiger partial charge in [0.15, 0.2) is 5.69 Å². The van der Waals surface area contributed by atoms with Crippen molar-refractivity contribution in [2.24, 2.45) is 0 Å². The number of carbonyl (C=O) groups is 2. The summed E-state index contributed by atoms with van der Waals surface area (Å²) in [6.07, 6.45) is 3.79. The number of pyridine rings is 1. The molecule has 7 heteroatoms. The number of carbonyl (C=O) groups excluding carboxylic acids is 2. The summed E-state index contributed by atoms with van der Waals surface area (Å²) in [4.78, 5) is 31.2. The van der Waals surface area contributed by atoms with Gasteiger partial charge < -0.3 is 15.0 Å². The van der Waals surface area contributed by atoms with Crippen molar-refractivity contribution in [1.82, 2.24) is 19.6 Å². The quantitative estimate of drug-likeness (QED) is 0.905. The highest BCUT2D eigenvalue weighted by Gasteiger charge is 2.29. The molecule has 3 heterocycles. The molecule has 0 atom stereocenters. The van der Waals surface area contributed by atoms with Crippen molar-refractivity contribution in [2.75, 3.05) is 26.3 Å². The Balaban J connectivity index is 1.71. The highest BCUT2D eigenvalue weighted by Crippen LogP contribution is 2.21. The molecule has 4 rings (SSSR count). The average Bonchev–Trinajstić information content (AvgIpc) is 3.32. The molecule has 1 saturated heterocycles. The minimum atomic E-state index is -0.211. The number of nitrogens with one attached hydrogen (secondary N) is 1. The maximum Gasteiger partial charge on any atom is 0.290 e. The zero-order valence-electron chi connectivity index (χ0n) is 12.7. The summed E-state index contributed by atoms with van der Waals surface area (Å²) < 4.78 is 6.98. The van der Waals surface area contributed by atoms with Crippen molar-refractivity contribution in [1.29, 1.82) is 0 Å². The third-order valence-corrected chi connectivity index (χ3v) is 4.17. The second-order valence-corrected chi connectivity index (χ2v) is 5.89. The summed E-state index contributed by atoms with van der Waals surface area (Å²) in [6, 6.07) is 5.73. The molecule has 2 amide bonds. The molecule has 120 valence electrons. The standard InChI is InChI=1S/C16H18N4O3/c21-15(17-11-4-5-11)13-12-3-1-2-6-20(12)14(18-13)16(22)19-7-9-23-10-8-19/h1-3,6,11H,4-5,7-10H2,(H,17,21). The minimum Gasteiger partial charge on any atom is -0.378 e. The van der Waals surface area contributed by atoms with Crippen LogP contribution in [0.3, 0.4) is 0 Å². The van der Waals surface area contributed by atoms with E-state index in [2.05, 4.69) is 10.3 Å². The molecule has 7 nitrogen and oxygen atoms in total. The van der Waals surface area contributed by atoms with Crippen LogP contribution in [0.5, 0.6) is 0 Å². The number of fused-ring (bicyclic) bond motifs is 1. The predicted molar refractivity (Wildman–Crippen MR) is 82.4 cm³/mol. The number of imidazole rings is 1. The van der Waals surface area contributed by atoms with Gasteiger partial charge in [-0.3, -0.25) is 14.0 Å². The lowest BCUT2D eigenvalue weighted by Gasteiger charge is -2.26. The summed E-state index contributed by atoms with van der Waals surface area (Å²) >= 11 is 0. The van der Waals surface area contributed by atoms with Crippen molar-refractivity contribution in [2.45, 2.75) is 18.9 Å². The minimum absolute atomic E-state index is 0.167. The van der Waals surface area contributed by atoms with Gasteiger partial charge in [0.2, 0.25) is 5.82 Å². The van der Waals surface area contributed by atoms with Gasteiger partial charge in [0.1, 0.15) is 0 Å². The fourth-order valence-electron chi connectivity index (χ4n) is 2.75. The molecule has 0 radical (unpaired) electrons. The van der Waals surface area contributed by atoms with Crippen LogP contribution in [0.1, 0.15) is 33.9 Å². The first-order valence-corrected chi connectivity index (χ1v) is 7.89. The van der Waals surface area contributed by atoms with Gasteiger partial charge in [-0.15, -0.1) is 0 Å². The van der Waals surface area contributed by atoms with Crippen LogP contribution < -0.4 is 5.32 Å². The lowest BCUT2D eigenvalue weighted by atomic mass is 10.3. The van der Waals surface area contributed by atoms with E-state index in [-0.39, 0.29) is 23.7 Å². The number of ether oxygens (including phenoxy) is 1. The molecule has 2 aromatic rings. The second-order valence-electron chi connectivity index (χ2n) is 5.89. The highest BCUT2D eigenvalue weighted by molar-refractivity contribution is 6.02. The Morgan fingerprint density at radius 3 is 2.74 bits per heavy atom. The number of hydrogen-bond donors (Lipinski definition) is 1. The molecule has 1 aliphatic carbocycles. The molecular weight excluding hydrogens is 296 g/mol. The molecule has 0 spiro atoms. The Hall–Kier alpha value is -2.41. The Labute approximate surface area is 133 Å². The SMILES string of the molecule is O=C(NC1CC1)c1nc(C(=O)N2CCOCC2)n2ccccc12. The van der Waals surface area contributed by atoms with Crippen LogP contribution in [-0.4, -0.2) is 58.4 Å². The van der Waals surface area contributed by atoms with E-state index in [0.717, 1.165) is 12.8 Å². The Kier molecular flexibility index (Phi) is 3.49. The lowest BCUT2D eigenvalue weighted by molar-refractivity contribution is 0.0294. The number of morpholine rings is 1. The first-order valence-electron chi connectivity index (χ1n) is 7.89. The zero-order chi connectivity index (χ0) is 15.8. The molecule has 2 fully saturated rings. The molecular formula is C16H18N4O3. The average molecular weight is 314 g/mol. The number of rotatable bonds is 3. The molecule has 0 aromatic carbocycles. The van der Waals surface area contributed by atoms with Gasteiger partial charge in [-0.2, -0.15) is 0 Å². The van der Waals surface area contributed by atoms with Crippen LogP contribution in [0.2, 0.25) is 0 Å². The maximum atomic E-state index is 12.7. The number of nitrogens with zero attached hydrogens (tertiary/aromatic N) is 3. The van der Waals surface area contributed by atoms with E-state index in [0.29, 0.717) is 37.5 Å². The molecule has 2 aliphatic rings. The summed E-state index contributed by atoms with van der Waals surface area (Å²) in [6.45, 7) is 2.16. The van der Waals surface area contributed by atoms with E-state index in [1.807, 2.05) is 18.2 Å². The van der Waals surface area contributed by atoms with Crippen LogP contribution in [-0.2, 0) is 4.74 Å². The van der Waals surface area contributed by atoms with Crippen LogP contribution in [0.25, 0.3) is 5.52 Å². The van der Waals surface area contributed by atoms with Crippen molar-refractivity contribution >= 4 is 17.3 Å². The summed E-state index contributed by atoms with van der Waals surface area (Å²) in [7, 11) is 0. The lowest BCUT2D eigenvalue weighted by Crippen LogP contribution is -2.41. The predicted octanol–water partition coefficient (Wildman–Crippen LogP) is 0.699. The molecule has 0 bridgehead atoms. The molecule has 1 aliphatic heterocycles. The number of amides is 2. The molecule has 23 heavy (non-hydrogen) atoms. The van der Waals surface area contributed by atoms with E-state index in [4.69, 9.17) is 4.74 Å². The van der Waals surface area contributed by atoms with Crippen molar-refractivity contribution in [3.05, 3.63) is 35.9 Å². The normalized spacial score (nSPS) is 18.2. The van der Waals surface area contributed by atoms with Crippen LogP contribution in [0.4, 0.5) is 0 Å². The molecule has 1 N–H and O–H groups in total. The van der Waals surface area contributed by atoms with Gasteiger partial charge in [-0.25, -0.2) is 4.98 Å². The largest absolute Gasteiger partial charge is 0.378 e. The van der Waals surface area contributed by atoms with Crippen molar-refractivity contribution in [3.8, 4) is 0 Å². The van der Waals surface area contributed by atoms with Gasteiger partial charge in [0.05, 0.1) is 18.7 Å². The highest BCUT2D eigenvalue weighted by atomic mass is 16.5. The van der Waals surface area contributed by atoms with E-state index >= 15 is 0 Å². The monoisotopic (exact) mass is 314 g/mol. The van der Waals surface area contributed by atoms with Crippen molar-refractivity contribution < 1.29 is 14.3 Å². The fourth-order valence-corrected chi connectivity index (χ4v) is 2.75. The van der Waals surface area contributed by atoms with Crippen LogP contribution in [0.15, 0.2) is 24.4 Å². The van der Waals surface area contributed by atoms with Crippen LogP contribution in [0, 0.1) is 0 Å². The Morgan fingerprint density at radius 1 is 1.22 bits per heavy atom. The number of hydrogen-bond acceptors (Lipinski definition) is 4. The van der Waals surface area contributed by atoms with E-state index < -0.39 is 0 Å².